The first-order valence-electron chi connectivity index (χ1n) is 12.6. The number of rotatable bonds is 4. The Hall–Kier alpha value is -4.58. The molecule has 17 heteroatoms. The van der Waals surface area contributed by atoms with E-state index < -0.39 is 30.7 Å². The van der Waals surface area contributed by atoms with Gasteiger partial charge in [0.25, 0.3) is 0 Å². The number of fused-ring (bicyclic) bond motifs is 2. The highest BCUT2D eigenvalue weighted by Gasteiger charge is 2.20. The molecular weight excluding hydrogens is 737 g/mol. The molecule has 6 rings (SSSR count). The number of benzene rings is 2. The van der Waals surface area contributed by atoms with Crippen LogP contribution in [0.5, 0.6) is 0 Å². The van der Waals surface area contributed by atoms with Gasteiger partial charge in [-0.25, -0.2) is 33.0 Å². The van der Waals surface area contributed by atoms with Crippen molar-refractivity contribution in [1.29, 1.82) is 0 Å². The van der Waals surface area contributed by atoms with Crippen LogP contribution in [-0.2, 0) is 9.47 Å². The highest BCUT2D eigenvalue weighted by molar-refractivity contribution is 9.10. The Morgan fingerprint density at radius 3 is 2.07 bits per heavy atom. The number of ether oxygens (including phenoxy) is 2. The van der Waals surface area contributed by atoms with Gasteiger partial charge in [0.2, 0.25) is 0 Å². The number of halogens is 4. The SMILES string of the molecule is C.COC(=O)c1[nH]nc2ncc(F)cc12.COC(=O)c1nn(-c2cccc(Br)c2)c2ncc(F)cc12.OB(O)c1cccc(Br)c1. The second-order valence-corrected chi connectivity index (χ2v) is 10.6. The minimum absolute atomic E-state index is 0. The Kier molecular flexibility index (Phi) is 12.6. The molecule has 0 atom stereocenters. The Balaban J connectivity index is 0.000000200. The summed E-state index contributed by atoms with van der Waals surface area (Å²) in [7, 11) is 1.11. The molecule has 4 aromatic heterocycles. The van der Waals surface area contributed by atoms with Crippen molar-refractivity contribution in [3.63, 3.8) is 0 Å². The number of carbonyl (C=O) groups is 2. The molecule has 238 valence electrons. The van der Waals surface area contributed by atoms with Crippen LogP contribution in [0.25, 0.3) is 27.8 Å². The second kappa shape index (κ2) is 16.1. The summed E-state index contributed by atoms with van der Waals surface area (Å²) in [6, 6.07) is 16.6. The Morgan fingerprint density at radius 2 is 1.48 bits per heavy atom. The fourth-order valence-corrected chi connectivity index (χ4v) is 4.61. The van der Waals surface area contributed by atoms with Gasteiger partial charge < -0.3 is 19.5 Å². The van der Waals surface area contributed by atoms with Gasteiger partial charge in [-0.2, -0.15) is 10.2 Å². The molecule has 6 aromatic rings. The summed E-state index contributed by atoms with van der Waals surface area (Å²) in [6.45, 7) is 0. The van der Waals surface area contributed by atoms with Gasteiger partial charge in [0, 0.05) is 8.95 Å². The molecule has 0 aliphatic heterocycles. The number of H-pyrrole nitrogens is 1. The highest BCUT2D eigenvalue weighted by atomic mass is 79.9. The van der Waals surface area contributed by atoms with E-state index in [1.54, 1.807) is 18.2 Å². The van der Waals surface area contributed by atoms with E-state index in [0.29, 0.717) is 27.6 Å². The van der Waals surface area contributed by atoms with Crippen molar-refractivity contribution in [2.24, 2.45) is 0 Å². The third kappa shape index (κ3) is 8.57. The normalized spacial score (nSPS) is 10.2. The largest absolute Gasteiger partial charge is 0.488 e. The van der Waals surface area contributed by atoms with Crippen LogP contribution in [0.2, 0.25) is 0 Å². The van der Waals surface area contributed by atoms with Crippen LogP contribution < -0.4 is 5.46 Å². The lowest BCUT2D eigenvalue weighted by Gasteiger charge is -2.02. The number of esters is 2. The van der Waals surface area contributed by atoms with Gasteiger partial charge in [-0.3, -0.25) is 5.10 Å². The van der Waals surface area contributed by atoms with Crippen LogP contribution in [0.3, 0.4) is 0 Å². The van der Waals surface area contributed by atoms with Crippen LogP contribution in [0, 0.1) is 11.6 Å². The molecule has 0 saturated carbocycles. The second-order valence-electron chi connectivity index (χ2n) is 8.80. The zero-order valence-electron chi connectivity index (χ0n) is 23.3. The van der Waals surface area contributed by atoms with Gasteiger partial charge in [-0.15, -0.1) is 0 Å². The monoisotopic (exact) mass is 760 g/mol. The fourth-order valence-electron chi connectivity index (χ4n) is 3.81. The first-order valence-corrected chi connectivity index (χ1v) is 14.2. The van der Waals surface area contributed by atoms with Gasteiger partial charge in [0.05, 0.1) is 43.1 Å². The number of pyridine rings is 2. The summed E-state index contributed by atoms with van der Waals surface area (Å²) in [5, 5.41) is 28.4. The zero-order valence-corrected chi connectivity index (χ0v) is 26.5. The molecule has 0 bridgehead atoms. The van der Waals surface area contributed by atoms with Crippen molar-refractivity contribution < 1.29 is 37.9 Å². The minimum atomic E-state index is -1.38. The molecule has 0 unspecified atom stereocenters. The number of hydrogen-bond acceptors (Lipinski definition) is 10. The van der Waals surface area contributed by atoms with Crippen LogP contribution in [0.4, 0.5) is 8.78 Å². The maximum atomic E-state index is 13.4. The maximum absolute atomic E-state index is 13.4. The lowest BCUT2D eigenvalue weighted by molar-refractivity contribution is 0.0587. The molecule has 0 spiro atoms. The fraction of sp³-hybridized carbons (Fsp3) is 0.103. The Labute approximate surface area is 277 Å². The standard InChI is InChI=1S/C14H9BrFN3O2.C8H6FN3O2.C6H6BBrO2.CH4/c1-21-14(20)12-11-6-9(16)7-17-13(11)19(18-12)10-4-2-3-8(15)5-10;1-14-8(13)6-5-2-4(9)3-10-7(5)12-11-6;8-6-3-1-2-5(4-6)7(9)10;/h2-7H,1H3;2-3H,1H3,(H,10,11,12);1-4,9-10H;1H4. The summed E-state index contributed by atoms with van der Waals surface area (Å²) >= 11 is 6.58. The zero-order chi connectivity index (χ0) is 32.7. The summed E-state index contributed by atoms with van der Waals surface area (Å²) < 4.78 is 38.5. The molecule has 0 aliphatic carbocycles. The van der Waals surface area contributed by atoms with E-state index in [4.69, 9.17) is 10.0 Å². The number of nitrogens with zero attached hydrogens (tertiary/aromatic N) is 5. The molecule has 12 nitrogen and oxygen atoms in total. The number of methoxy groups -OCH3 is 2. The van der Waals surface area contributed by atoms with Gasteiger partial charge in [-0.1, -0.05) is 57.5 Å². The van der Waals surface area contributed by atoms with Gasteiger partial charge >= 0.3 is 19.1 Å². The number of nitrogens with one attached hydrogen (secondary N) is 1. The lowest BCUT2D eigenvalue weighted by atomic mass is 9.81. The number of carbonyl (C=O) groups excluding carboxylic acids is 2. The summed E-state index contributed by atoms with van der Waals surface area (Å²) in [5.41, 5.74) is 1.99. The average Bonchev–Trinajstić information content (AvgIpc) is 3.62. The smallest absolute Gasteiger partial charge is 0.464 e. The van der Waals surface area contributed by atoms with E-state index >= 15 is 0 Å². The molecule has 2 aromatic carbocycles. The third-order valence-electron chi connectivity index (χ3n) is 5.83. The molecule has 0 radical (unpaired) electrons. The quantitative estimate of drug-likeness (QED) is 0.169. The van der Waals surface area contributed by atoms with Gasteiger partial charge in [0.1, 0.15) is 11.6 Å². The summed E-state index contributed by atoms with van der Waals surface area (Å²) in [5.74, 6) is -2.30. The van der Waals surface area contributed by atoms with E-state index in [2.05, 4.69) is 66.6 Å². The number of aromatic amines is 1. The molecular formula is C29H25BBr2F2N6O6. The molecule has 0 fully saturated rings. The van der Waals surface area contributed by atoms with Crippen LogP contribution in [-0.4, -0.2) is 73.3 Å². The molecule has 4 heterocycles. The third-order valence-corrected chi connectivity index (χ3v) is 6.82. The Morgan fingerprint density at radius 1 is 0.870 bits per heavy atom. The van der Waals surface area contributed by atoms with E-state index in [1.165, 1.54) is 31.0 Å². The molecule has 0 saturated heterocycles. The highest BCUT2D eigenvalue weighted by Crippen LogP contribution is 2.23. The molecule has 46 heavy (non-hydrogen) atoms. The first kappa shape index (κ1) is 35.9. The molecule has 0 amide bonds. The van der Waals surface area contributed by atoms with Crippen LogP contribution in [0.15, 0.2) is 82.0 Å². The first-order chi connectivity index (χ1) is 21.5. The molecule has 0 aliphatic rings. The van der Waals surface area contributed by atoms with Crippen molar-refractivity contribution in [3.05, 3.63) is 105 Å². The van der Waals surface area contributed by atoms with Crippen molar-refractivity contribution in [3.8, 4) is 5.69 Å². The van der Waals surface area contributed by atoms with Crippen LogP contribution >= 0.6 is 31.9 Å². The van der Waals surface area contributed by atoms with Crippen LogP contribution in [0.1, 0.15) is 28.4 Å². The van der Waals surface area contributed by atoms with E-state index in [1.807, 2.05) is 30.3 Å². The lowest BCUT2D eigenvalue weighted by Crippen LogP contribution is -2.29. The van der Waals surface area contributed by atoms with Crippen molar-refractivity contribution in [1.82, 2.24) is 29.9 Å². The average molecular weight is 762 g/mol. The van der Waals surface area contributed by atoms with Gasteiger partial charge in [0.15, 0.2) is 22.7 Å². The molecule has 3 N–H and O–H groups in total. The summed E-state index contributed by atoms with van der Waals surface area (Å²) in [4.78, 5) is 30.7. The van der Waals surface area contributed by atoms with Crippen molar-refractivity contribution in [2.75, 3.05) is 14.2 Å². The van der Waals surface area contributed by atoms with E-state index in [-0.39, 0.29) is 24.5 Å². The van der Waals surface area contributed by atoms with Crippen molar-refractivity contribution in [2.45, 2.75) is 7.43 Å². The number of hydrogen-bond donors (Lipinski definition) is 3. The van der Waals surface area contributed by atoms with E-state index in [9.17, 15) is 18.4 Å². The predicted molar refractivity (Wildman–Crippen MR) is 174 cm³/mol. The topological polar surface area (TPSA) is 165 Å². The maximum Gasteiger partial charge on any atom is 0.488 e. The minimum Gasteiger partial charge on any atom is -0.464 e. The Bertz CT molecular complexity index is 1990. The summed E-state index contributed by atoms with van der Waals surface area (Å²) in [6.07, 6.45) is 2.11. The number of aromatic nitrogens is 6. The van der Waals surface area contributed by atoms with E-state index in [0.717, 1.165) is 21.3 Å². The van der Waals surface area contributed by atoms with Gasteiger partial charge in [-0.05, 0) is 47.9 Å². The predicted octanol–water partition coefficient (Wildman–Crippen LogP) is 4.76. The van der Waals surface area contributed by atoms with Crippen molar-refractivity contribution >= 4 is 78.4 Å².